The Morgan fingerprint density at radius 2 is 1.49 bits per heavy atom. The molecule has 35 heavy (non-hydrogen) atoms. The molecule has 0 unspecified atom stereocenters. The monoisotopic (exact) mass is 467 g/mol. The first-order chi connectivity index (χ1) is 17.1. The summed E-state index contributed by atoms with van der Waals surface area (Å²) in [5.74, 6) is 0. The number of benzene rings is 3. The number of aromatic nitrogens is 2. The number of aromatic amines is 1. The SMILES string of the molecule is CCCCN(CCCC)c1cccc2c1c(=O)c1cc3[nH]c4ccccc4c(=O)c3cc1n2CC. The van der Waals surface area contributed by atoms with Crippen LogP contribution in [-0.2, 0) is 6.54 Å². The number of unbranched alkanes of at least 4 members (excludes halogenated alkanes) is 2. The normalized spacial score (nSPS) is 11.7. The van der Waals surface area contributed by atoms with Gasteiger partial charge < -0.3 is 14.5 Å². The molecule has 0 spiro atoms. The predicted molar refractivity (Wildman–Crippen MR) is 149 cm³/mol. The summed E-state index contributed by atoms with van der Waals surface area (Å²) < 4.78 is 2.18. The molecule has 5 rings (SSSR count). The zero-order valence-electron chi connectivity index (χ0n) is 20.9. The molecule has 2 aromatic heterocycles. The lowest BCUT2D eigenvalue weighted by molar-refractivity contribution is 0.679. The maximum atomic E-state index is 14.1. The molecule has 0 aliphatic rings. The molecule has 3 aromatic carbocycles. The minimum atomic E-state index is -0.00879. The molecule has 0 saturated carbocycles. The van der Waals surface area contributed by atoms with Gasteiger partial charge in [0, 0.05) is 41.3 Å². The second-order valence-corrected chi connectivity index (χ2v) is 9.35. The molecule has 0 saturated heterocycles. The van der Waals surface area contributed by atoms with Gasteiger partial charge in [-0.3, -0.25) is 9.59 Å². The Balaban J connectivity index is 1.87. The first kappa shape index (κ1) is 23.2. The van der Waals surface area contributed by atoms with Crippen LogP contribution in [-0.4, -0.2) is 22.6 Å². The first-order valence-corrected chi connectivity index (χ1v) is 12.9. The lowest BCUT2D eigenvalue weighted by Gasteiger charge is -2.27. The van der Waals surface area contributed by atoms with E-state index < -0.39 is 0 Å². The van der Waals surface area contributed by atoms with Crippen molar-refractivity contribution in [2.24, 2.45) is 0 Å². The molecular formula is C30H33N3O2. The Hall–Kier alpha value is -3.60. The molecular weight excluding hydrogens is 434 g/mol. The standard InChI is InChI=1S/C30H33N3O2/c1-4-7-16-32(17-8-5-2)25-14-11-15-26-28(25)30(35)22-18-24-21(19-27(22)33(26)6-3)29(34)20-12-9-10-13-23(20)31-24/h9-15,18-19H,4-8,16-17H2,1-3H3,(H,31,34). The van der Waals surface area contributed by atoms with E-state index in [1.165, 1.54) is 0 Å². The highest BCUT2D eigenvalue weighted by atomic mass is 16.1. The number of anilines is 1. The molecule has 0 aliphatic carbocycles. The van der Waals surface area contributed by atoms with E-state index in [-0.39, 0.29) is 10.9 Å². The summed E-state index contributed by atoms with van der Waals surface area (Å²) in [6.07, 6.45) is 4.41. The fourth-order valence-electron chi connectivity index (χ4n) is 5.27. The fourth-order valence-corrected chi connectivity index (χ4v) is 5.27. The minimum absolute atomic E-state index is 0.00879. The van der Waals surface area contributed by atoms with Crippen LogP contribution in [0.5, 0.6) is 0 Å². The molecule has 5 nitrogen and oxygen atoms in total. The van der Waals surface area contributed by atoms with Gasteiger partial charge in [-0.25, -0.2) is 0 Å². The number of aryl methyl sites for hydroxylation is 1. The molecule has 5 heteroatoms. The van der Waals surface area contributed by atoms with Crippen molar-refractivity contribution < 1.29 is 0 Å². The Bertz CT molecular complexity index is 1650. The Labute approximate surface area is 205 Å². The van der Waals surface area contributed by atoms with Crippen LogP contribution in [0.15, 0.2) is 64.2 Å². The van der Waals surface area contributed by atoms with Crippen molar-refractivity contribution in [3.63, 3.8) is 0 Å². The third-order valence-corrected chi connectivity index (χ3v) is 7.12. The van der Waals surface area contributed by atoms with Gasteiger partial charge in [-0.05, 0) is 56.2 Å². The molecule has 0 atom stereocenters. The minimum Gasteiger partial charge on any atom is -0.371 e. The molecule has 0 bridgehead atoms. The molecule has 2 heterocycles. The number of fused-ring (bicyclic) bond motifs is 4. The van der Waals surface area contributed by atoms with Crippen LogP contribution < -0.4 is 15.8 Å². The van der Waals surface area contributed by atoms with Crippen LogP contribution in [0.25, 0.3) is 43.6 Å². The van der Waals surface area contributed by atoms with Crippen LogP contribution in [0.4, 0.5) is 5.69 Å². The average Bonchev–Trinajstić information content (AvgIpc) is 2.88. The van der Waals surface area contributed by atoms with Crippen LogP contribution in [0.2, 0.25) is 0 Å². The molecule has 0 aliphatic heterocycles. The molecule has 1 N–H and O–H groups in total. The van der Waals surface area contributed by atoms with Gasteiger partial charge in [0.05, 0.1) is 27.6 Å². The highest BCUT2D eigenvalue weighted by molar-refractivity contribution is 6.05. The van der Waals surface area contributed by atoms with E-state index in [2.05, 4.69) is 47.4 Å². The van der Waals surface area contributed by atoms with Crippen molar-refractivity contribution in [3.05, 3.63) is 75.0 Å². The number of H-pyrrole nitrogens is 1. The van der Waals surface area contributed by atoms with E-state index in [4.69, 9.17) is 0 Å². The van der Waals surface area contributed by atoms with Gasteiger partial charge in [0.1, 0.15) is 0 Å². The summed E-state index contributed by atoms with van der Waals surface area (Å²) in [5, 5.41) is 2.70. The van der Waals surface area contributed by atoms with E-state index in [0.29, 0.717) is 28.2 Å². The summed E-state index contributed by atoms with van der Waals surface area (Å²) in [5.41, 5.74) is 4.26. The maximum absolute atomic E-state index is 14.1. The maximum Gasteiger partial charge on any atom is 0.199 e. The molecule has 180 valence electrons. The lowest BCUT2D eigenvalue weighted by atomic mass is 10.0. The fraction of sp³-hybridized carbons (Fsp3) is 0.333. The third kappa shape index (κ3) is 3.89. The summed E-state index contributed by atoms with van der Waals surface area (Å²) in [7, 11) is 0. The smallest absolute Gasteiger partial charge is 0.199 e. The van der Waals surface area contributed by atoms with E-state index >= 15 is 0 Å². The second kappa shape index (κ2) is 9.57. The summed E-state index contributed by atoms with van der Waals surface area (Å²) >= 11 is 0. The number of pyridine rings is 2. The molecule has 0 fully saturated rings. The number of hydrogen-bond acceptors (Lipinski definition) is 3. The largest absolute Gasteiger partial charge is 0.371 e. The van der Waals surface area contributed by atoms with Gasteiger partial charge >= 0.3 is 0 Å². The van der Waals surface area contributed by atoms with Crippen molar-refractivity contribution >= 4 is 49.3 Å². The second-order valence-electron chi connectivity index (χ2n) is 9.35. The topological polar surface area (TPSA) is 58.1 Å². The number of para-hydroxylation sites is 1. The summed E-state index contributed by atoms with van der Waals surface area (Å²) in [4.78, 5) is 33.2. The van der Waals surface area contributed by atoms with Gasteiger partial charge in [0.15, 0.2) is 10.9 Å². The van der Waals surface area contributed by atoms with Crippen LogP contribution in [0.1, 0.15) is 46.5 Å². The molecule has 5 aromatic rings. The van der Waals surface area contributed by atoms with E-state index in [1.807, 2.05) is 42.5 Å². The highest BCUT2D eigenvalue weighted by Gasteiger charge is 2.18. The predicted octanol–water partition coefficient (Wildman–Crippen LogP) is 6.58. The molecule has 0 amide bonds. The van der Waals surface area contributed by atoms with Crippen LogP contribution in [0, 0.1) is 0 Å². The first-order valence-electron chi connectivity index (χ1n) is 12.9. The van der Waals surface area contributed by atoms with E-state index in [0.717, 1.165) is 66.4 Å². The van der Waals surface area contributed by atoms with Crippen LogP contribution >= 0.6 is 0 Å². The van der Waals surface area contributed by atoms with E-state index in [1.54, 1.807) is 0 Å². The van der Waals surface area contributed by atoms with Crippen LogP contribution in [0.3, 0.4) is 0 Å². The zero-order chi connectivity index (χ0) is 24.5. The average molecular weight is 468 g/mol. The van der Waals surface area contributed by atoms with Gasteiger partial charge in [-0.1, -0.05) is 44.9 Å². The number of nitrogens with one attached hydrogen (secondary N) is 1. The van der Waals surface area contributed by atoms with Crippen molar-refractivity contribution in [3.8, 4) is 0 Å². The van der Waals surface area contributed by atoms with Gasteiger partial charge in [-0.2, -0.15) is 0 Å². The molecule has 0 radical (unpaired) electrons. The summed E-state index contributed by atoms with van der Waals surface area (Å²) in [6, 6.07) is 17.5. The van der Waals surface area contributed by atoms with Gasteiger partial charge in [0.2, 0.25) is 0 Å². The van der Waals surface area contributed by atoms with Gasteiger partial charge in [0.25, 0.3) is 0 Å². The number of rotatable bonds is 8. The zero-order valence-corrected chi connectivity index (χ0v) is 20.9. The van der Waals surface area contributed by atoms with E-state index in [9.17, 15) is 9.59 Å². The Morgan fingerprint density at radius 3 is 2.20 bits per heavy atom. The van der Waals surface area contributed by atoms with Crippen molar-refractivity contribution in [2.45, 2.75) is 53.0 Å². The van der Waals surface area contributed by atoms with Crippen molar-refractivity contribution in [1.29, 1.82) is 0 Å². The lowest BCUT2D eigenvalue weighted by Crippen LogP contribution is -2.27. The Kier molecular flexibility index (Phi) is 6.33. The number of hydrogen-bond donors (Lipinski definition) is 1. The Morgan fingerprint density at radius 1 is 0.743 bits per heavy atom. The highest BCUT2D eigenvalue weighted by Crippen LogP contribution is 2.30. The third-order valence-electron chi connectivity index (χ3n) is 7.12. The van der Waals surface area contributed by atoms with Crippen molar-refractivity contribution in [1.82, 2.24) is 9.55 Å². The number of nitrogens with zero attached hydrogens (tertiary/aromatic N) is 2. The van der Waals surface area contributed by atoms with Gasteiger partial charge in [-0.15, -0.1) is 0 Å². The summed E-state index contributed by atoms with van der Waals surface area (Å²) in [6.45, 7) is 9.09. The van der Waals surface area contributed by atoms with Crippen molar-refractivity contribution in [2.75, 3.05) is 18.0 Å². The quantitative estimate of drug-likeness (QED) is 0.262.